The lowest BCUT2D eigenvalue weighted by atomic mass is 10.0. The highest BCUT2D eigenvalue weighted by Crippen LogP contribution is 2.15. The molecule has 1 aliphatic heterocycles. The highest BCUT2D eigenvalue weighted by Gasteiger charge is 2.24. The summed E-state index contributed by atoms with van der Waals surface area (Å²) < 4.78 is 0.946. The number of likely N-dealkylation sites (tertiary alicyclic amines) is 1. The van der Waals surface area contributed by atoms with E-state index in [9.17, 15) is 9.59 Å². The summed E-state index contributed by atoms with van der Waals surface area (Å²) in [5, 5.41) is 3.05. The van der Waals surface area contributed by atoms with Crippen molar-refractivity contribution in [2.75, 3.05) is 13.1 Å². The molecule has 0 radical (unpaired) electrons. The van der Waals surface area contributed by atoms with Gasteiger partial charge in [0, 0.05) is 41.6 Å². The lowest BCUT2D eigenvalue weighted by molar-refractivity contribution is 0.0697. The van der Waals surface area contributed by atoms with Gasteiger partial charge in [0.2, 0.25) is 0 Å². The highest BCUT2D eigenvalue weighted by atomic mass is 79.9. The molecule has 1 aromatic heterocycles. The number of halogens is 1. The lowest BCUT2D eigenvalue weighted by Crippen LogP contribution is -2.46. The van der Waals surface area contributed by atoms with Gasteiger partial charge in [-0.15, -0.1) is 0 Å². The Bertz CT molecular complexity index is 711. The Morgan fingerprint density at radius 3 is 2.42 bits per heavy atom. The van der Waals surface area contributed by atoms with Crippen molar-refractivity contribution in [1.82, 2.24) is 15.2 Å². The largest absolute Gasteiger partial charge is 0.349 e. The van der Waals surface area contributed by atoms with E-state index in [1.165, 1.54) is 0 Å². The monoisotopic (exact) mass is 387 g/mol. The minimum atomic E-state index is -0.0699. The lowest BCUT2D eigenvalue weighted by Gasteiger charge is -2.32. The fourth-order valence-corrected chi connectivity index (χ4v) is 3.03. The molecule has 0 spiro atoms. The van der Waals surface area contributed by atoms with E-state index in [1.807, 2.05) is 17.0 Å². The molecule has 6 heteroatoms. The van der Waals surface area contributed by atoms with E-state index >= 15 is 0 Å². The summed E-state index contributed by atoms with van der Waals surface area (Å²) in [6, 6.07) is 10.9. The number of nitrogens with one attached hydrogen (secondary N) is 1. The predicted octanol–water partition coefficient (Wildman–Crippen LogP) is 2.88. The number of piperidine rings is 1. The Hall–Kier alpha value is -2.21. The van der Waals surface area contributed by atoms with Gasteiger partial charge in [-0.05, 0) is 49.2 Å². The second-order valence-electron chi connectivity index (χ2n) is 5.79. The zero-order chi connectivity index (χ0) is 16.9. The molecule has 5 nitrogen and oxygen atoms in total. The Balaban J connectivity index is 1.53. The Morgan fingerprint density at radius 1 is 1.08 bits per heavy atom. The molecule has 0 saturated carbocycles. The topological polar surface area (TPSA) is 62.3 Å². The quantitative estimate of drug-likeness (QED) is 0.880. The van der Waals surface area contributed by atoms with Gasteiger partial charge in [-0.1, -0.05) is 15.9 Å². The number of benzene rings is 1. The molecule has 0 unspecified atom stereocenters. The van der Waals surface area contributed by atoms with Gasteiger partial charge < -0.3 is 10.2 Å². The summed E-state index contributed by atoms with van der Waals surface area (Å²) in [5.74, 6) is -0.0691. The fourth-order valence-electron chi connectivity index (χ4n) is 2.77. The molecular weight excluding hydrogens is 370 g/mol. The van der Waals surface area contributed by atoms with Gasteiger partial charge in [0.05, 0.1) is 5.56 Å². The summed E-state index contributed by atoms with van der Waals surface area (Å²) in [6.45, 7) is 1.28. The van der Waals surface area contributed by atoms with E-state index in [0.717, 1.165) is 17.3 Å². The molecule has 1 fully saturated rings. The van der Waals surface area contributed by atoms with E-state index < -0.39 is 0 Å². The maximum absolute atomic E-state index is 12.4. The van der Waals surface area contributed by atoms with Crippen LogP contribution in [0.3, 0.4) is 0 Å². The number of hydrogen-bond donors (Lipinski definition) is 1. The first-order valence-electron chi connectivity index (χ1n) is 7.89. The zero-order valence-corrected chi connectivity index (χ0v) is 14.7. The van der Waals surface area contributed by atoms with Gasteiger partial charge in [0.15, 0.2) is 0 Å². The van der Waals surface area contributed by atoms with Crippen LogP contribution in [0.15, 0.2) is 53.3 Å². The second-order valence-corrected chi connectivity index (χ2v) is 6.70. The van der Waals surface area contributed by atoms with E-state index in [1.54, 1.807) is 36.7 Å². The molecule has 1 saturated heterocycles. The van der Waals surface area contributed by atoms with Crippen LogP contribution in [0, 0.1) is 0 Å². The first-order chi connectivity index (χ1) is 11.6. The number of carbonyl (C=O) groups is 2. The first kappa shape index (κ1) is 16.6. The van der Waals surface area contributed by atoms with Crippen molar-refractivity contribution in [2.45, 2.75) is 18.9 Å². The van der Waals surface area contributed by atoms with Gasteiger partial charge in [0.25, 0.3) is 11.8 Å². The second kappa shape index (κ2) is 7.57. The Labute approximate surface area is 149 Å². The van der Waals surface area contributed by atoms with E-state index in [0.29, 0.717) is 24.2 Å². The van der Waals surface area contributed by atoms with Crippen molar-refractivity contribution in [3.63, 3.8) is 0 Å². The number of nitrogens with zero attached hydrogens (tertiary/aromatic N) is 2. The summed E-state index contributed by atoms with van der Waals surface area (Å²) in [5.41, 5.74) is 1.25. The van der Waals surface area contributed by atoms with Crippen LogP contribution in [0.4, 0.5) is 0 Å². The van der Waals surface area contributed by atoms with E-state index in [4.69, 9.17) is 0 Å². The molecule has 0 bridgehead atoms. The average Bonchev–Trinajstić information content (AvgIpc) is 2.63. The number of aromatic nitrogens is 1. The number of amides is 2. The molecule has 1 aliphatic rings. The van der Waals surface area contributed by atoms with Crippen LogP contribution in [-0.2, 0) is 0 Å². The van der Waals surface area contributed by atoms with Crippen molar-refractivity contribution >= 4 is 27.7 Å². The van der Waals surface area contributed by atoms with Crippen LogP contribution >= 0.6 is 15.9 Å². The molecule has 24 heavy (non-hydrogen) atoms. The molecule has 2 aromatic rings. The standard InChI is InChI=1S/C18H18BrN3O2/c19-15-5-3-13(4-6-15)17(23)21-16-7-10-22(11-8-16)18(24)14-2-1-9-20-12-14/h1-6,9,12,16H,7-8,10-11H2,(H,21,23). The SMILES string of the molecule is O=C(NC1CCN(C(=O)c2cccnc2)CC1)c1ccc(Br)cc1. The summed E-state index contributed by atoms with van der Waals surface area (Å²) in [6.07, 6.45) is 4.76. The van der Waals surface area contributed by atoms with Crippen LogP contribution in [0.2, 0.25) is 0 Å². The number of rotatable bonds is 3. The molecule has 2 amide bonds. The van der Waals surface area contributed by atoms with E-state index in [2.05, 4.69) is 26.2 Å². The van der Waals surface area contributed by atoms with Crippen LogP contribution in [0.25, 0.3) is 0 Å². The minimum Gasteiger partial charge on any atom is -0.349 e. The Morgan fingerprint density at radius 2 is 1.79 bits per heavy atom. The van der Waals surface area contributed by atoms with Crippen molar-refractivity contribution < 1.29 is 9.59 Å². The highest BCUT2D eigenvalue weighted by molar-refractivity contribution is 9.10. The Kier molecular flexibility index (Phi) is 5.25. The average molecular weight is 388 g/mol. The summed E-state index contributed by atoms with van der Waals surface area (Å²) >= 11 is 3.36. The third-order valence-electron chi connectivity index (χ3n) is 4.13. The van der Waals surface area contributed by atoms with Crippen LogP contribution in [0.5, 0.6) is 0 Å². The number of pyridine rings is 1. The van der Waals surface area contributed by atoms with Crippen LogP contribution in [-0.4, -0.2) is 40.8 Å². The van der Waals surface area contributed by atoms with Crippen molar-refractivity contribution in [3.05, 3.63) is 64.4 Å². The smallest absolute Gasteiger partial charge is 0.255 e. The molecule has 2 heterocycles. The number of carbonyl (C=O) groups excluding carboxylic acids is 2. The zero-order valence-electron chi connectivity index (χ0n) is 13.1. The van der Waals surface area contributed by atoms with Gasteiger partial charge >= 0.3 is 0 Å². The van der Waals surface area contributed by atoms with Crippen LogP contribution in [0.1, 0.15) is 33.6 Å². The normalized spacial score (nSPS) is 15.1. The fraction of sp³-hybridized carbons (Fsp3) is 0.278. The maximum Gasteiger partial charge on any atom is 0.255 e. The minimum absolute atomic E-state index is 0.000728. The molecule has 0 atom stereocenters. The first-order valence-corrected chi connectivity index (χ1v) is 8.68. The van der Waals surface area contributed by atoms with Crippen molar-refractivity contribution in [3.8, 4) is 0 Å². The third-order valence-corrected chi connectivity index (χ3v) is 4.66. The molecule has 124 valence electrons. The molecule has 1 N–H and O–H groups in total. The van der Waals surface area contributed by atoms with Gasteiger partial charge in [-0.3, -0.25) is 14.6 Å². The number of hydrogen-bond acceptors (Lipinski definition) is 3. The molecule has 0 aliphatic carbocycles. The van der Waals surface area contributed by atoms with Crippen molar-refractivity contribution in [1.29, 1.82) is 0 Å². The van der Waals surface area contributed by atoms with Gasteiger partial charge in [-0.25, -0.2) is 0 Å². The van der Waals surface area contributed by atoms with Crippen molar-refractivity contribution in [2.24, 2.45) is 0 Å². The molecule has 1 aromatic carbocycles. The maximum atomic E-state index is 12.4. The predicted molar refractivity (Wildman–Crippen MR) is 94.8 cm³/mol. The van der Waals surface area contributed by atoms with E-state index in [-0.39, 0.29) is 17.9 Å². The molecule has 3 rings (SSSR count). The van der Waals surface area contributed by atoms with Gasteiger partial charge in [0.1, 0.15) is 0 Å². The van der Waals surface area contributed by atoms with Crippen LogP contribution < -0.4 is 5.32 Å². The van der Waals surface area contributed by atoms with Gasteiger partial charge in [-0.2, -0.15) is 0 Å². The summed E-state index contributed by atoms with van der Waals surface area (Å²) in [7, 11) is 0. The third kappa shape index (κ3) is 4.00. The summed E-state index contributed by atoms with van der Waals surface area (Å²) in [4.78, 5) is 30.4. The molecular formula is C18H18BrN3O2.